The first-order chi connectivity index (χ1) is 7.33. The highest BCUT2D eigenvalue weighted by Gasteiger charge is 2.25. The summed E-state index contributed by atoms with van der Waals surface area (Å²) < 4.78 is 0. The summed E-state index contributed by atoms with van der Waals surface area (Å²) in [5, 5.41) is 12.0. The van der Waals surface area contributed by atoms with E-state index in [-0.39, 0.29) is 0 Å². The van der Waals surface area contributed by atoms with Gasteiger partial charge in [-0.3, -0.25) is 10.1 Å². The summed E-state index contributed by atoms with van der Waals surface area (Å²) in [6.07, 6.45) is 0. The van der Waals surface area contributed by atoms with Crippen molar-refractivity contribution in [3.05, 3.63) is 34.9 Å². The zero-order valence-electron chi connectivity index (χ0n) is 10.3. The molecular weight excluding hydrogens is 202 g/mol. The number of hydrogen-bond donors (Lipinski definition) is 2. The first-order valence-electron chi connectivity index (χ1n) is 5.37. The van der Waals surface area contributed by atoms with Gasteiger partial charge in [0.1, 0.15) is 5.54 Å². The highest BCUT2D eigenvalue weighted by molar-refractivity contribution is 5.77. The summed E-state index contributed by atoms with van der Waals surface area (Å²) in [6, 6.07) is 6.16. The normalized spacial score (nSPS) is 11.5. The monoisotopic (exact) mass is 221 g/mol. The van der Waals surface area contributed by atoms with Crippen molar-refractivity contribution in [3.63, 3.8) is 0 Å². The Morgan fingerprint density at radius 1 is 1.31 bits per heavy atom. The molecule has 2 N–H and O–H groups in total. The van der Waals surface area contributed by atoms with E-state index in [2.05, 4.69) is 31.3 Å². The van der Waals surface area contributed by atoms with Crippen LogP contribution in [0.4, 0.5) is 0 Å². The Morgan fingerprint density at radius 2 is 1.94 bits per heavy atom. The maximum Gasteiger partial charge on any atom is 0.323 e. The fraction of sp³-hybridized carbons (Fsp3) is 0.462. The molecular formula is C13H19NO2. The number of rotatable bonds is 4. The van der Waals surface area contributed by atoms with E-state index in [9.17, 15) is 4.79 Å². The lowest BCUT2D eigenvalue weighted by Crippen LogP contribution is -2.46. The zero-order chi connectivity index (χ0) is 12.3. The predicted octanol–water partition coefficient (Wildman–Crippen LogP) is 2.26. The van der Waals surface area contributed by atoms with E-state index < -0.39 is 11.5 Å². The molecule has 0 saturated carbocycles. The number of carboxylic acids is 1. The van der Waals surface area contributed by atoms with Gasteiger partial charge in [-0.25, -0.2) is 0 Å². The van der Waals surface area contributed by atoms with Crippen LogP contribution in [0.3, 0.4) is 0 Å². The van der Waals surface area contributed by atoms with Crippen molar-refractivity contribution in [2.45, 2.75) is 39.8 Å². The minimum Gasteiger partial charge on any atom is -0.480 e. The highest BCUT2D eigenvalue weighted by atomic mass is 16.4. The van der Waals surface area contributed by atoms with E-state index in [4.69, 9.17) is 5.11 Å². The maximum atomic E-state index is 10.9. The van der Waals surface area contributed by atoms with Crippen LogP contribution < -0.4 is 5.32 Å². The third-order valence-electron chi connectivity index (χ3n) is 2.84. The van der Waals surface area contributed by atoms with Crippen LogP contribution in [0.15, 0.2) is 18.2 Å². The van der Waals surface area contributed by atoms with Crippen LogP contribution in [0.1, 0.15) is 30.5 Å². The van der Waals surface area contributed by atoms with E-state index in [0.717, 1.165) is 5.56 Å². The number of carboxylic acid groups (broad SMARTS) is 1. The van der Waals surface area contributed by atoms with Crippen molar-refractivity contribution in [1.29, 1.82) is 0 Å². The summed E-state index contributed by atoms with van der Waals surface area (Å²) in [5.74, 6) is -0.837. The molecule has 16 heavy (non-hydrogen) atoms. The van der Waals surface area contributed by atoms with E-state index in [1.165, 1.54) is 11.1 Å². The summed E-state index contributed by atoms with van der Waals surface area (Å²) in [4.78, 5) is 10.9. The topological polar surface area (TPSA) is 49.3 Å². The largest absolute Gasteiger partial charge is 0.480 e. The Labute approximate surface area is 96.5 Å². The third-order valence-corrected chi connectivity index (χ3v) is 2.84. The van der Waals surface area contributed by atoms with Crippen LogP contribution >= 0.6 is 0 Å². The van der Waals surface area contributed by atoms with Crippen molar-refractivity contribution in [2.24, 2.45) is 0 Å². The number of aryl methyl sites for hydroxylation is 2. The van der Waals surface area contributed by atoms with Gasteiger partial charge in [0, 0.05) is 6.54 Å². The first-order valence-corrected chi connectivity index (χ1v) is 5.37. The van der Waals surface area contributed by atoms with Gasteiger partial charge in [-0.05, 0) is 44.4 Å². The second-order valence-corrected chi connectivity index (χ2v) is 4.70. The van der Waals surface area contributed by atoms with Gasteiger partial charge in [0.2, 0.25) is 0 Å². The molecule has 0 unspecified atom stereocenters. The van der Waals surface area contributed by atoms with Crippen LogP contribution in [0.5, 0.6) is 0 Å². The van der Waals surface area contributed by atoms with Gasteiger partial charge in [0.15, 0.2) is 0 Å². The molecule has 0 saturated heterocycles. The third kappa shape index (κ3) is 3.07. The molecule has 0 radical (unpaired) electrons. The van der Waals surface area contributed by atoms with E-state index in [0.29, 0.717) is 6.54 Å². The molecule has 0 spiro atoms. The molecule has 1 aromatic rings. The molecule has 0 amide bonds. The molecule has 0 heterocycles. The van der Waals surface area contributed by atoms with Crippen molar-refractivity contribution in [2.75, 3.05) is 0 Å². The van der Waals surface area contributed by atoms with Gasteiger partial charge in [-0.1, -0.05) is 18.2 Å². The first kappa shape index (κ1) is 12.7. The Bertz CT molecular complexity index is 397. The fourth-order valence-electron chi connectivity index (χ4n) is 1.31. The smallest absolute Gasteiger partial charge is 0.323 e. The fourth-order valence-corrected chi connectivity index (χ4v) is 1.31. The SMILES string of the molecule is Cc1ccc(CNC(C)(C)C(=O)O)cc1C. The minimum atomic E-state index is -0.890. The summed E-state index contributed by atoms with van der Waals surface area (Å²) in [7, 11) is 0. The average Bonchev–Trinajstić information content (AvgIpc) is 2.20. The number of aliphatic carboxylic acids is 1. The van der Waals surface area contributed by atoms with Crippen LogP contribution in [-0.4, -0.2) is 16.6 Å². The van der Waals surface area contributed by atoms with Crippen molar-refractivity contribution >= 4 is 5.97 Å². The number of benzene rings is 1. The van der Waals surface area contributed by atoms with Gasteiger partial charge in [0.05, 0.1) is 0 Å². The van der Waals surface area contributed by atoms with Gasteiger partial charge in [-0.15, -0.1) is 0 Å². The molecule has 0 aromatic heterocycles. The summed E-state index contributed by atoms with van der Waals surface area (Å²) >= 11 is 0. The Balaban J connectivity index is 2.68. The Kier molecular flexibility index (Phi) is 3.70. The molecule has 0 aliphatic carbocycles. The second kappa shape index (κ2) is 4.66. The van der Waals surface area contributed by atoms with E-state index >= 15 is 0 Å². The summed E-state index contributed by atoms with van der Waals surface area (Å²) in [6.45, 7) is 8.02. The van der Waals surface area contributed by atoms with Gasteiger partial charge in [0.25, 0.3) is 0 Å². The van der Waals surface area contributed by atoms with Gasteiger partial charge < -0.3 is 5.11 Å². The van der Waals surface area contributed by atoms with Crippen molar-refractivity contribution in [1.82, 2.24) is 5.32 Å². The lowest BCUT2D eigenvalue weighted by molar-refractivity contribution is -0.143. The predicted molar refractivity (Wildman–Crippen MR) is 64.5 cm³/mol. The molecule has 3 heteroatoms. The molecule has 3 nitrogen and oxygen atoms in total. The average molecular weight is 221 g/mol. The zero-order valence-corrected chi connectivity index (χ0v) is 10.3. The molecule has 0 aliphatic heterocycles. The lowest BCUT2D eigenvalue weighted by Gasteiger charge is -2.21. The van der Waals surface area contributed by atoms with Crippen molar-refractivity contribution in [3.8, 4) is 0 Å². The summed E-state index contributed by atoms with van der Waals surface area (Å²) in [5.41, 5.74) is 2.70. The molecule has 0 atom stereocenters. The van der Waals surface area contributed by atoms with E-state index in [1.807, 2.05) is 6.07 Å². The van der Waals surface area contributed by atoms with Gasteiger partial charge in [-0.2, -0.15) is 0 Å². The molecule has 88 valence electrons. The van der Waals surface area contributed by atoms with Crippen LogP contribution in [0.25, 0.3) is 0 Å². The molecule has 1 aromatic carbocycles. The highest BCUT2D eigenvalue weighted by Crippen LogP contribution is 2.11. The second-order valence-electron chi connectivity index (χ2n) is 4.70. The number of nitrogens with one attached hydrogen (secondary N) is 1. The minimum absolute atomic E-state index is 0.570. The lowest BCUT2D eigenvalue weighted by atomic mass is 10.0. The number of carbonyl (C=O) groups is 1. The molecule has 0 bridgehead atoms. The Morgan fingerprint density at radius 3 is 2.44 bits per heavy atom. The molecule has 1 rings (SSSR count). The standard InChI is InChI=1S/C13H19NO2/c1-9-5-6-11(7-10(9)2)8-14-13(3,4)12(15)16/h5-7,14H,8H2,1-4H3,(H,15,16). The quantitative estimate of drug-likeness (QED) is 0.820. The van der Waals surface area contributed by atoms with Crippen LogP contribution in [0.2, 0.25) is 0 Å². The Hall–Kier alpha value is -1.35. The number of hydrogen-bond acceptors (Lipinski definition) is 2. The van der Waals surface area contributed by atoms with Crippen LogP contribution in [-0.2, 0) is 11.3 Å². The van der Waals surface area contributed by atoms with Crippen molar-refractivity contribution < 1.29 is 9.90 Å². The van der Waals surface area contributed by atoms with Gasteiger partial charge >= 0.3 is 5.97 Å². The maximum absolute atomic E-state index is 10.9. The van der Waals surface area contributed by atoms with E-state index in [1.54, 1.807) is 13.8 Å². The molecule has 0 fully saturated rings. The van der Waals surface area contributed by atoms with Crippen LogP contribution in [0, 0.1) is 13.8 Å². The molecule has 0 aliphatic rings.